The topological polar surface area (TPSA) is 0 Å². The molecule has 0 heterocycles. The fourth-order valence-electron chi connectivity index (χ4n) is 8.43. The molecule has 5 aromatic rings. The molecule has 6 aliphatic rings. The SMILES string of the molecule is C#Cc1c2c(cc3c1C1c4ccccc4C3(C#C)c3ccccc31)C1c3ccccc3C2c2ccccc21. The summed E-state index contributed by atoms with van der Waals surface area (Å²) >= 11 is 0. The van der Waals surface area contributed by atoms with E-state index in [0.717, 1.165) is 5.56 Å². The van der Waals surface area contributed by atoms with Crippen molar-refractivity contribution < 1.29 is 0 Å². The van der Waals surface area contributed by atoms with Crippen LogP contribution in [-0.4, -0.2) is 0 Å². The van der Waals surface area contributed by atoms with Gasteiger partial charge in [0.05, 0.1) is 0 Å². The summed E-state index contributed by atoms with van der Waals surface area (Å²) < 4.78 is 0. The summed E-state index contributed by atoms with van der Waals surface area (Å²) in [5.41, 5.74) is 16.0. The molecule has 0 spiro atoms. The van der Waals surface area contributed by atoms with Gasteiger partial charge in [0.25, 0.3) is 0 Å². The number of benzene rings is 5. The van der Waals surface area contributed by atoms with Crippen LogP contribution in [0.1, 0.15) is 90.1 Å². The summed E-state index contributed by atoms with van der Waals surface area (Å²) in [5, 5.41) is 0. The highest BCUT2D eigenvalue weighted by Gasteiger charge is 2.54. The molecule has 0 atom stereocenters. The Labute approximate surface area is 223 Å². The van der Waals surface area contributed by atoms with Crippen molar-refractivity contribution in [2.24, 2.45) is 0 Å². The molecule has 38 heavy (non-hydrogen) atoms. The molecular weight excluding hydrogens is 456 g/mol. The number of rotatable bonds is 0. The van der Waals surface area contributed by atoms with Gasteiger partial charge in [-0.1, -0.05) is 115 Å². The van der Waals surface area contributed by atoms with Gasteiger partial charge in [0.1, 0.15) is 5.41 Å². The fourth-order valence-corrected chi connectivity index (χ4v) is 8.43. The van der Waals surface area contributed by atoms with Gasteiger partial charge in [0, 0.05) is 23.3 Å². The van der Waals surface area contributed by atoms with E-state index in [0.29, 0.717) is 0 Å². The molecule has 4 bridgehead atoms. The molecule has 0 aliphatic heterocycles. The lowest BCUT2D eigenvalue weighted by Crippen LogP contribution is -2.43. The summed E-state index contributed by atoms with van der Waals surface area (Å²) in [5.74, 6) is 6.96. The highest BCUT2D eigenvalue weighted by Crippen LogP contribution is 2.64. The summed E-state index contributed by atoms with van der Waals surface area (Å²) in [7, 11) is 0. The quantitative estimate of drug-likeness (QED) is 0.199. The van der Waals surface area contributed by atoms with Crippen LogP contribution in [0.25, 0.3) is 0 Å². The molecule has 11 rings (SSSR count). The van der Waals surface area contributed by atoms with Crippen LogP contribution in [0.3, 0.4) is 0 Å². The first-order valence-electron chi connectivity index (χ1n) is 13.3. The Balaban J connectivity index is 1.47. The zero-order valence-electron chi connectivity index (χ0n) is 20.7. The predicted octanol–water partition coefficient (Wildman–Crippen LogP) is 7.43. The first kappa shape index (κ1) is 20.3. The average molecular weight is 479 g/mol. The van der Waals surface area contributed by atoms with E-state index < -0.39 is 5.41 Å². The van der Waals surface area contributed by atoms with Crippen molar-refractivity contribution in [3.05, 3.63) is 175 Å². The molecule has 6 aliphatic carbocycles. The van der Waals surface area contributed by atoms with Crippen molar-refractivity contribution in [2.45, 2.75) is 23.2 Å². The monoisotopic (exact) mass is 478 g/mol. The smallest absolute Gasteiger partial charge is 0.107 e. The molecule has 0 saturated carbocycles. The van der Waals surface area contributed by atoms with E-state index in [-0.39, 0.29) is 17.8 Å². The molecule has 174 valence electrons. The van der Waals surface area contributed by atoms with E-state index >= 15 is 0 Å². The molecule has 5 aromatic carbocycles. The Hall–Kier alpha value is -4.78. The van der Waals surface area contributed by atoms with E-state index in [1.807, 2.05) is 0 Å². The second kappa shape index (κ2) is 6.75. The van der Waals surface area contributed by atoms with Crippen molar-refractivity contribution in [1.82, 2.24) is 0 Å². The van der Waals surface area contributed by atoms with Gasteiger partial charge in [-0.15, -0.1) is 12.8 Å². The molecule has 0 radical (unpaired) electrons. The Morgan fingerprint density at radius 3 is 1.42 bits per heavy atom. The Bertz CT molecular complexity index is 1880. The molecule has 0 N–H and O–H groups in total. The van der Waals surface area contributed by atoms with Crippen molar-refractivity contribution in [2.75, 3.05) is 0 Å². The van der Waals surface area contributed by atoms with Crippen LogP contribution in [0, 0.1) is 24.7 Å². The molecule has 0 nitrogen and oxygen atoms in total. The van der Waals surface area contributed by atoms with E-state index in [4.69, 9.17) is 12.8 Å². The molecule has 0 heteroatoms. The van der Waals surface area contributed by atoms with E-state index in [2.05, 4.69) is 115 Å². The van der Waals surface area contributed by atoms with Crippen molar-refractivity contribution in [1.29, 1.82) is 0 Å². The molecule has 0 aromatic heterocycles. The van der Waals surface area contributed by atoms with E-state index in [9.17, 15) is 0 Å². The standard InChI is InChI=1S/C38H22/c1-3-22-34-29(33-23-13-5-7-15-25(23)35(34)26-16-8-6-14-24(26)33)21-32-37(22)36-27-17-9-11-19-30(27)38(32,4-2)31-20-12-10-18-28(31)36/h1-2,5-21,33,35-36H. The zero-order valence-corrected chi connectivity index (χ0v) is 20.7. The maximum absolute atomic E-state index is 6.61. The van der Waals surface area contributed by atoms with Crippen LogP contribution in [-0.2, 0) is 5.41 Å². The van der Waals surface area contributed by atoms with Crippen LogP contribution in [0.2, 0.25) is 0 Å². The van der Waals surface area contributed by atoms with Crippen LogP contribution in [0.5, 0.6) is 0 Å². The average Bonchev–Trinajstić information content (AvgIpc) is 2.99. The van der Waals surface area contributed by atoms with Gasteiger partial charge in [-0.25, -0.2) is 0 Å². The zero-order chi connectivity index (χ0) is 25.2. The van der Waals surface area contributed by atoms with Crippen LogP contribution in [0.15, 0.2) is 103 Å². The van der Waals surface area contributed by atoms with Gasteiger partial charge in [0.15, 0.2) is 0 Å². The molecular formula is C38H22. The third-order valence-corrected chi connectivity index (χ3v) is 9.68. The summed E-state index contributed by atoms with van der Waals surface area (Å²) in [4.78, 5) is 0. The third kappa shape index (κ3) is 2.04. The maximum atomic E-state index is 6.61. The Morgan fingerprint density at radius 2 is 0.921 bits per heavy atom. The largest absolute Gasteiger partial charge is 0.118 e. The Morgan fingerprint density at radius 1 is 0.474 bits per heavy atom. The van der Waals surface area contributed by atoms with Crippen molar-refractivity contribution >= 4 is 0 Å². The van der Waals surface area contributed by atoms with Crippen molar-refractivity contribution in [3.8, 4) is 24.7 Å². The predicted molar refractivity (Wildman–Crippen MR) is 152 cm³/mol. The summed E-state index contributed by atoms with van der Waals surface area (Å²) in [6.07, 6.45) is 13.1. The minimum Gasteiger partial charge on any atom is -0.118 e. The molecule has 0 amide bonds. The van der Waals surface area contributed by atoms with Crippen LogP contribution < -0.4 is 0 Å². The minimum absolute atomic E-state index is 0.0786. The van der Waals surface area contributed by atoms with E-state index in [1.54, 1.807) is 0 Å². The molecule has 0 saturated heterocycles. The lowest BCUT2D eigenvalue weighted by Gasteiger charge is -2.51. The van der Waals surface area contributed by atoms with E-state index in [1.165, 1.54) is 66.8 Å². The van der Waals surface area contributed by atoms with Gasteiger partial charge < -0.3 is 0 Å². The Kier molecular flexibility index (Phi) is 3.60. The van der Waals surface area contributed by atoms with Crippen LogP contribution in [0.4, 0.5) is 0 Å². The van der Waals surface area contributed by atoms with Gasteiger partial charge in [0.2, 0.25) is 0 Å². The number of terminal acetylenes is 2. The normalized spacial score (nSPS) is 23.6. The maximum Gasteiger partial charge on any atom is 0.107 e. The number of hydrogen-bond donors (Lipinski definition) is 0. The highest BCUT2D eigenvalue weighted by molar-refractivity contribution is 5.82. The number of hydrogen-bond acceptors (Lipinski definition) is 0. The second-order valence-corrected chi connectivity index (χ2v) is 11.0. The lowest BCUT2D eigenvalue weighted by molar-refractivity contribution is 0.653. The molecule has 0 fully saturated rings. The fraction of sp³-hybridized carbons (Fsp3) is 0.105. The summed E-state index contributed by atoms with van der Waals surface area (Å²) in [6.45, 7) is 0. The summed E-state index contributed by atoms with van der Waals surface area (Å²) in [6, 6.07) is 37.8. The van der Waals surface area contributed by atoms with Gasteiger partial charge in [-0.05, 0) is 66.8 Å². The molecule has 0 unspecified atom stereocenters. The van der Waals surface area contributed by atoms with Gasteiger partial charge in [-0.2, -0.15) is 0 Å². The highest BCUT2D eigenvalue weighted by atomic mass is 14.5. The van der Waals surface area contributed by atoms with Gasteiger partial charge >= 0.3 is 0 Å². The first-order chi connectivity index (χ1) is 18.8. The van der Waals surface area contributed by atoms with Crippen molar-refractivity contribution in [3.63, 3.8) is 0 Å². The third-order valence-electron chi connectivity index (χ3n) is 9.68. The second-order valence-electron chi connectivity index (χ2n) is 11.0. The van der Waals surface area contributed by atoms with Gasteiger partial charge in [-0.3, -0.25) is 0 Å². The minimum atomic E-state index is -0.659. The first-order valence-corrected chi connectivity index (χ1v) is 13.3. The van der Waals surface area contributed by atoms with Crippen LogP contribution >= 0.6 is 0 Å². The lowest BCUT2D eigenvalue weighted by atomic mass is 9.50.